The summed E-state index contributed by atoms with van der Waals surface area (Å²) in [4.78, 5) is 7.74. The van der Waals surface area contributed by atoms with E-state index in [1.54, 1.807) is 6.20 Å². The summed E-state index contributed by atoms with van der Waals surface area (Å²) in [6.07, 6.45) is 7.31. The van der Waals surface area contributed by atoms with E-state index in [9.17, 15) is 0 Å². The second-order valence-electron chi connectivity index (χ2n) is 6.40. The number of hydrogen-bond acceptors (Lipinski definition) is 2. The maximum Gasteiger partial charge on any atom is 0.179 e. The molecule has 2 heterocycles. The highest BCUT2D eigenvalue weighted by Crippen LogP contribution is 2.52. The molecule has 2 aromatic rings. The summed E-state index contributed by atoms with van der Waals surface area (Å²) in [6.45, 7) is 2.30. The second kappa shape index (κ2) is 4.57. The Morgan fingerprint density at radius 1 is 1.45 bits per heavy atom. The number of nitrogens with zero attached hydrogens (tertiary/aromatic N) is 2. The molecule has 20 heavy (non-hydrogen) atoms. The predicted molar refractivity (Wildman–Crippen MR) is 83.6 cm³/mol. The average molecular weight is 308 g/mol. The highest BCUT2D eigenvalue weighted by molar-refractivity contribution is 7.71. The summed E-state index contributed by atoms with van der Waals surface area (Å²) in [7, 11) is 0. The lowest BCUT2D eigenvalue weighted by Crippen LogP contribution is -2.22. The molecule has 0 aliphatic heterocycles. The molecule has 4 rings (SSSR count). The molecule has 2 saturated carbocycles. The molecule has 106 valence electrons. The normalized spacial score (nSPS) is 30.2. The third-order valence-electron chi connectivity index (χ3n) is 5.34. The molecule has 2 bridgehead atoms. The molecule has 4 unspecified atom stereocenters. The van der Waals surface area contributed by atoms with Gasteiger partial charge in [-0.3, -0.25) is 4.57 Å². The van der Waals surface area contributed by atoms with Crippen LogP contribution in [0.5, 0.6) is 0 Å². The molecule has 0 amide bonds. The number of imidazole rings is 1. The van der Waals surface area contributed by atoms with Crippen molar-refractivity contribution in [2.75, 3.05) is 0 Å². The zero-order chi connectivity index (χ0) is 13.9. The van der Waals surface area contributed by atoms with Gasteiger partial charge in [-0.25, -0.2) is 4.98 Å². The van der Waals surface area contributed by atoms with Crippen molar-refractivity contribution in [2.45, 2.75) is 38.6 Å². The first-order valence-corrected chi connectivity index (χ1v) is 8.18. The lowest BCUT2D eigenvalue weighted by atomic mass is 9.84. The first kappa shape index (κ1) is 12.8. The Bertz CT molecular complexity index is 719. The van der Waals surface area contributed by atoms with E-state index in [1.165, 1.54) is 25.7 Å². The third kappa shape index (κ3) is 1.85. The smallest absolute Gasteiger partial charge is 0.179 e. The van der Waals surface area contributed by atoms with Crippen LogP contribution >= 0.6 is 23.8 Å². The highest BCUT2D eigenvalue weighted by atomic mass is 35.5. The molecule has 2 aliphatic carbocycles. The van der Waals surface area contributed by atoms with Crippen LogP contribution in [-0.4, -0.2) is 14.5 Å². The Labute approximate surface area is 128 Å². The fourth-order valence-electron chi connectivity index (χ4n) is 4.44. The minimum absolute atomic E-state index is 0.417. The number of aromatic nitrogens is 3. The van der Waals surface area contributed by atoms with E-state index in [0.29, 0.717) is 11.1 Å². The fourth-order valence-corrected chi connectivity index (χ4v) is 4.96. The quantitative estimate of drug-likeness (QED) is 0.813. The molecule has 4 atom stereocenters. The Balaban J connectivity index is 1.78. The second-order valence-corrected chi connectivity index (χ2v) is 7.23. The van der Waals surface area contributed by atoms with Crippen molar-refractivity contribution < 1.29 is 0 Å². The van der Waals surface area contributed by atoms with Crippen LogP contribution in [0, 0.1) is 22.5 Å². The molecular formula is C15H18ClN3S. The van der Waals surface area contributed by atoms with E-state index in [1.807, 2.05) is 6.07 Å². The number of fused-ring (bicyclic) bond motifs is 3. The summed E-state index contributed by atoms with van der Waals surface area (Å²) in [5.41, 5.74) is 1.88. The number of rotatable bonds is 2. The number of halogens is 1. The molecule has 0 saturated heterocycles. The molecule has 2 aromatic heterocycles. The van der Waals surface area contributed by atoms with Crippen LogP contribution in [0.1, 0.15) is 38.6 Å². The molecule has 3 nitrogen and oxygen atoms in total. The lowest BCUT2D eigenvalue weighted by molar-refractivity contribution is 0.244. The number of nitrogens with one attached hydrogen (secondary N) is 1. The first-order chi connectivity index (χ1) is 9.63. The van der Waals surface area contributed by atoms with Gasteiger partial charge in [0.15, 0.2) is 10.4 Å². The van der Waals surface area contributed by atoms with Crippen molar-refractivity contribution in [2.24, 2.45) is 17.8 Å². The van der Waals surface area contributed by atoms with Gasteiger partial charge in [0.25, 0.3) is 0 Å². The van der Waals surface area contributed by atoms with Crippen LogP contribution in [0.3, 0.4) is 0 Å². The summed E-state index contributed by atoms with van der Waals surface area (Å²) in [6, 6.07) is 2.32. The molecule has 2 fully saturated rings. The van der Waals surface area contributed by atoms with Gasteiger partial charge < -0.3 is 4.98 Å². The van der Waals surface area contributed by atoms with Gasteiger partial charge in [-0.05, 0) is 62.2 Å². The average Bonchev–Trinajstić information content (AvgIpc) is 3.10. The van der Waals surface area contributed by atoms with Crippen LogP contribution in [0.2, 0.25) is 5.02 Å². The summed E-state index contributed by atoms with van der Waals surface area (Å²) >= 11 is 11.5. The molecule has 1 N–H and O–H groups in total. The van der Waals surface area contributed by atoms with E-state index < -0.39 is 0 Å². The van der Waals surface area contributed by atoms with Crippen molar-refractivity contribution in [1.29, 1.82) is 0 Å². The Hall–Kier alpha value is -0.870. The SMILES string of the molecule is CC(C1CC2CCC1C2)n1c(=S)[nH]c2cc(Cl)cnc21. The van der Waals surface area contributed by atoms with Gasteiger partial charge in [0.05, 0.1) is 10.5 Å². The van der Waals surface area contributed by atoms with Crippen molar-refractivity contribution in [3.8, 4) is 0 Å². The minimum atomic E-state index is 0.417. The topological polar surface area (TPSA) is 33.6 Å². The van der Waals surface area contributed by atoms with E-state index in [4.69, 9.17) is 23.8 Å². The zero-order valence-electron chi connectivity index (χ0n) is 11.5. The zero-order valence-corrected chi connectivity index (χ0v) is 13.0. The van der Waals surface area contributed by atoms with Crippen molar-refractivity contribution in [3.05, 3.63) is 22.1 Å². The first-order valence-electron chi connectivity index (χ1n) is 7.39. The number of aromatic amines is 1. The highest BCUT2D eigenvalue weighted by Gasteiger charge is 2.42. The van der Waals surface area contributed by atoms with Crippen molar-refractivity contribution in [3.63, 3.8) is 0 Å². The fraction of sp³-hybridized carbons (Fsp3) is 0.600. The van der Waals surface area contributed by atoms with Gasteiger partial charge in [-0.1, -0.05) is 18.0 Å². The molecule has 0 radical (unpaired) electrons. The van der Waals surface area contributed by atoms with Crippen LogP contribution in [0.15, 0.2) is 12.3 Å². The number of H-pyrrole nitrogens is 1. The van der Waals surface area contributed by atoms with Gasteiger partial charge in [0.2, 0.25) is 0 Å². The molecule has 0 aromatic carbocycles. The monoisotopic (exact) mass is 307 g/mol. The Morgan fingerprint density at radius 2 is 2.30 bits per heavy atom. The Morgan fingerprint density at radius 3 is 3.00 bits per heavy atom. The van der Waals surface area contributed by atoms with Gasteiger partial charge in [-0.15, -0.1) is 0 Å². The predicted octanol–water partition coefficient (Wildman–Crippen LogP) is 4.74. The maximum atomic E-state index is 6.01. The van der Waals surface area contributed by atoms with Crippen molar-refractivity contribution >= 4 is 35.0 Å². The Kier molecular flexibility index (Phi) is 2.93. The number of hydrogen-bond donors (Lipinski definition) is 1. The van der Waals surface area contributed by atoms with Gasteiger partial charge >= 0.3 is 0 Å². The lowest BCUT2D eigenvalue weighted by Gasteiger charge is -2.28. The molecular weight excluding hydrogens is 290 g/mol. The van der Waals surface area contributed by atoms with Crippen LogP contribution < -0.4 is 0 Å². The van der Waals surface area contributed by atoms with E-state index in [0.717, 1.165) is 33.7 Å². The minimum Gasteiger partial charge on any atom is -0.329 e. The van der Waals surface area contributed by atoms with Crippen LogP contribution in [0.4, 0.5) is 0 Å². The number of pyridine rings is 1. The summed E-state index contributed by atoms with van der Waals surface area (Å²) < 4.78 is 2.97. The van der Waals surface area contributed by atoms with Gasteiger partial charge in [0.1, 0.15) is 0 Å². The maximum absolute atomic E-state index is 6.01. The summed E-state index contributed by atoms with van der Waals surface area (Å²) in [5.74, 6) is 2.58. The summed E-state index contributed by atoms with van der Waals surface area (Å²) in [5, 5.41) is 0.647. The van der Waals surface area contributed by atoms with E-state index >= 15 is 0 Å². The molecule has 2 aliphatic rings. The standard InChI is InChI=1S/C15H18ClN3S/c1-8(12-5-9-2-3-10(12)4-9)19-14-13(18-15(19)20)6-11(16)7-17-14/h6-10,12H,2-5H2,1H3,(H,18,20). The molecule has 5 heteroatoms. The van der Waals surface area contributed by atoms with E-state index in [-0.39, 0.29) is 0 Å². The van der Waals surface area contributed by atoms with Gasteiger partial charge in [0, 0.05) is 12.2 Å². The van der Waals surface area contributed by atoms with E-state index in [2.05, 4.69) is 21.5 Å². The largest absolute Gasteiger partial charge is 0.329 e. The van der Waals surface area contributed by atoms with Crippen LogP contribution in [0.25, 0.3) is 11.2 Å². The molecule has 0 spiro atoms. The van der Waals surface area contributed by atoms with Crippen LogP contribution in [-0.2, 0) is 0 Å². The van der Waals surface area contributed by atoms with Gasteiger partial charge in [-0.2, -0.15) is 0 Å². The third-order valence-corrected chi connectivity index (χ3v) is 5.85. The van der Waals surface area contributed by atoms with Crippen molar-refractivity contribution in [1.82, 2.24) is 14.5 Å².